The molecule has 0 amide bonds. The van der Waals surface area contributed by atoms with Gasteiger partial charge in [0.25, 0.3) is 0 Å². The molecule has 0 aliphatic carbocycles. The van der Waals surface area contributed by atoms with Crippen LogP contribution in [0.25, 0.3) is 21.9 Å². The van der Waals surface area contributed by atoms with Crippen LogP contribution in [-0.2, 0) is 19.6 Å². The molecule has 5 heteroatoms. The third-order valence-corrected chi connectivity index (χ3v) is 4.99. The number of hydrogen-bond donors (Lipinski definition) is 2. The molecule has 138 valence electrons. The van der Waals surface area contributed by atoms with Crippen LogP contribution in [0.2, 0.25) is 0 Å². The molecule has 0 spiro atoms. The van der Waals surface area contributed by atoms with Crippen molar-refractivity contribution in [2.24, 2.45) is 0 Å². The highest BCUT2D eigenvalue weighted by Gasteiger charge is 2.17. The fourth-order valence-electron chi connectivity index (χ4n) is 3.53. The lowest BCUT2D eigenvalue weighted by Crippen LogP contribution is -2.06. The SMILES string of the molecule is CCCCc1nc2c(N)nc3ccccc3c2n1Cc1ccc(CO)cc1. The number of benzene rings is 2. The number of para-hydroxylation sites is 1. The number of pyridine rings is 1. The van der Waals surface area contributed by atoms with Crippen molar-refractivity contribution >= 4 is 27.8 Å². The molecule has 0 unspecified atom stereocenters. The molecule has 0 aliphatic rings. The Kier molecular flexibility index (Phi) is 4.77. The van der Waals surface area contributed by atoms with Crippen molar-refractivity contribution in [3.05, 3.63) is 65.5 Å². The summed E-state index contributed by atoms with van der Waals surface area (Å²) in [6.45, 7) is 2.96. The van der Waals surface area contributed by atoms with E-state index in [1.807, 2.05) is 30.3 Å². The highest BCUT2D eigenvalue weighted by molar-refractivity contribution is 6.06. The van der Waals surface area contributed by atoms with Gasteiger partial charge in [0.05, 0.1) is 17.6 Å². The van der Waals surface area contributed by atoms with Crippen molar-refractivity contribution in [2.75, 3.05) is 5.73 Å². The second-order valence-electron chi connectivity index (χ2n) is 6.90. The number of aliphatic hydroxyl groups is 1. The summed E-state index contributed by atoms with van der Waals surface area (Å²) >= 11 is 0. The third-order valence-electron chi connectivity index (χ3n) is 4.99. The number of hydrogen-bond acceptors (Lipinski definition) is 4. The molecule has 0 fully saturated rings. The standard InChI is InChI=1S/C22H24N4O/c1-2-3-8-19-25-20-21(17-6-4-5-7-18(17)24-22(20)23)26(19)13-15-9-11-16(14-27)12-10-15/h4-7,9-12,27H,2-3,8,13-14H2,1H3,(H2,23,24). The van der Waals surface area contributed by atoms with Crippen molar-refractivity contribution in [1.82, 2.24) is 14.5 Å². The summed E-state index contributed by atoms with van der Waals surface area (Å²) in [6.07, 6.45) is 3.11. The van der Waals surface area contributed by atoms with E-state index in [4.69, 9.17) is 10.7 Å². The second-order valence-corrected chi connectivity index (χ2v) is 6.90. The van der Waals surface area contributed by atoms with E-state index in [1.54, 1.807) is 0 Å². The largest absolute Gasteiger partial charge is 0.392 e. The summed E-state index contributed by atoms with van der Waals surface area (Å²) in [5.74, 6) is 1.53. The fourth-order valence-corrected chi connectivity index (χ4v) is 3.53. The van der Waals surface area contributed by atoms with Gasteiger partial charge < -0.3 is 15.4 Å². The monoisotopic (exact) mass is 360 g/mol. The molecule has 27 heavy (non-hydrogen) atoms. The maximum Gasteiger partial charge on any atom is 0.152 e. The van der Waals surface area contributed by atoms with Crippen molar-refractivity contribution in [1.29, 1.82) is 0 Å². The number of anilines is 1. The summed E-state index contributed by atoms with van der Waals surface area (Å²) in [5.41, 5.74) is 11.1. The quantitative estimate of drug-likeness (QED) is 0.544. The van der Waals surface area contributed by atoms with E-state index in [9.17, 15) is 5.11 Å². The summed E-state index contributed by atoms with van der Waals surface area (Å²) < 4.78 is 2.28. The maximum absolute atomic E-state index is 9.28. The molecule has 0 saturated carbocycles. The molecule has 4 rings (SSSR count). The Morgan fingerprint density at radius 2 is 1.74 bits per heavy atom. The molecule has 5 nitrogen and oxygen atoms in total. The van der Waals surface area contributed by atoms with Gasteiger partial charge in [-0.2, -0.15) is 0 Å². The third kappa shape index (κ3) is 3.26. The van der Waals surface area contributed by atoms with E-state index in [-0.39, 0.29) is 6.61 Å². The van der Waals surface area contributed by atoms with Crippen LogP contribution in [0.4, 0.5) is 5.82 Å². The van der Waals surface area contributed by atoms with Crippen LogP contribution in [0.15, 0.2) is 48.5 Å². The van der Waals surface area contributed by atoms with E-state index in [2.05, 4.69) is 34.7 Å². The van der Waals surface area contributed by atoms with E-state index in [1.165, 1.54) is 5.56 Å². The number of nitrogens with zero attached hydrogens (tertiary/aromatic N) is 3. The molecule has 2 aromatic carbocycles. The predicted molar refractivity (Wildman–Crippen MR) is 110 cm³/mol. The normalized spacial score (nSPS) is 11.5. The van der Waals surface area contributed by atoms with Crippen LogP contribution in [0.5, 0.6) is 0 Å². The zero-order valence-electron chi connectivity index (χ0n) is 15.5. The van der Waals surface area contributed by atoms with Crippen molar-refractivity contribution in [3.8, 4) is 0 Å². The minimum absolute atomic E-state index is 0.0584. The van der Waals surface area contributed by atoms with Gasteiger partial charge in [0, 0.05) is 18.4 Å². The first-order valence-electron chi connectivity index (χ1n) is 9.43. The Morgan fingerprint density at radius 3 is 2.48 bits per heavy atom. The molecule has 0 radical (unpaired) electrons. The van der Waals surface area contributed by atoms with E-state index in [0.29, 0.717) is 12.4 Å². The molecule has 2 heterocycles. The summed E-state index contributed by atoms with van der Waals surface area (Å²) in [6, 6.07) is 16.1. The Morgan fingerprint density at radius 1 is 1.00 bits per heavy atom. The van der Waals surface area contributed by atoms with Crippen LogP contribution in [0.1, 0.15) is 36.7 Å². The van der Waals surface area contributed by atoms with Gasteiger partial charge in [-0.3, -0.25) is 0 Å². The zero-order valence-corrected chi connectivity index (χ0v) is 15.5. The van der Waals surface area contributed by atoms with Gasteiger partial charge in [-0.15, -0.1) is 0 Å². The first-order valence-corrected chi connectivity index (χ1v) is 9.43. The van der Waals surface area contributed by atoms with E-state index in [0.717, 1.165) is 52.6 Å². The number of rotatable bonds is 6. The fraction of sp³-hybridized carbons (Fsp3) is 0.273. The van der Waals surface area contributed by atoms with Gasteiger partial charge in [0.2, 0.25) is 0 Å². The van der Waals surface area contributed by atoms with Gasteiger partial charge >= 0.3 is 0 Å². The number of aromatic nitrogens is 3. The summed E-state index contributed by atoms with van der Waals surface area (Å²) in [4.78, 5) is 9.41. The number of unbranched alkanes of at least 4 members (excludes halogenated alkanes) is 1. The molecule has 0 atom stereocenters. The average molecular weight is 360 g/mol. The van der Waals surface area contributed by atoms with Crippen molar-refractivity contribution < 1.29 is 5.11 Å². The Labute approximate surface area is 158 Å². The van der Waals surface area contributed by atoms with Gasteiger partial charge in [-0.1, -0.05) is 55.8 Å². The number of nitrogen functional groups attached to an aromatic ring is 1. The highest BCUT2D eigenvalue weighted by atomic mass is 16.3. The second kappa shape index (κ2) is 7.37. The highest BCUT2D eigenvalue weighted by Crippen LogP contribution is 2.30. The van der Waals surface area contributed by atoms with Gasteiger partial charge in [-0.25, -0.2) is 9.97 Å². The lowest BCUT2D eigenvalue weighted by molar-refractivity contribution is 0.282. The lowest BCUT2D eigenvalue weighted by atomic mass is 10.1. The average Bonchev–Trinajstić information content (AvgIpc) is 3.06. The minimum Gasteiger partial charge on any atom is -0.392 e. The topological polar surface area (TPSA) is 77.0 Å². The Bertz CT molecular complexity index is 1080. The zero-order chi connectivity index (χ0) is 18.8. The summed E-state index contributed by atoms with van der Waals surface area (Å²) in [5, 5.41) is 10.4. The molecular formula is C22H24N4O. The van der Waals surface area contributed by atoms with Crippen LogP contribution >= 0.6 is 0 Å². The lowest BCUT2D eigenvalue weighted by Gasteiger charge is -2.11. The van der Waals surface area contributed by atoms with Crippen LogP contribution < -0.4 is 5.73 Å². The predicted octanol–water partition coefficient (Wildman–Crippen LogP) is 4.05. The smallest absolute Gasteiger partial charge is 0.152 e. The number of nitrogens with two attached hydrogens (primary N) is 1. The Hall–Kier alpha value is -2.92. The first kappa shape index (κ1) is 17.5. The van der Waals surface area contributed by atoms with Gasteiger partial charge in [0.1, 0.15) is 11.3 Å². The molecule has 0 aliphatic heterocycles. The molecule has 0 bridgehead atoms. The minimum atomic E-state index is 0.0584. The van der Waals surface area contributed by atoms with Gasteiger partial charge in [-0.05, 0) is 23.6 Å². The van der Waals surface area contributed by atoms with E-state index >= 15 is 0 Å². The van der Waals surface area contributed by atoms with Gasteiger partial charge in [0.15, 0.2) is 5.82 Å². The number of aliphatic hydroxyl groups excluding tert-OH is 1. The van der Waals surface area contributed by atoms with Crippen molar-refractivity contribution in [2.45, 2.75) is 39.3 Å². The van der Waals surface area contributed by atoms with Crippen LogP contribution in [0.3, 0.4) is 0 Å². The summed E-state index contributed by atoms with van der Waals surface area (Å²) in [7, 11) is 0. The number of aryl methyl sites for hydroxylation is 1. The molecule has 0 saturated heterocycles. The molecule has 2 aromatic heterocycles. The number of fused-ring (bicyclic) bond motifs is 3. The Balaban J connectivity index is 1.91. The van der Waals surface area contributed by atoms with E-state index < -0.39 is 0 Å². The first-order chi connectivity index (χ1) is 13.2. The molecular weight excluding hydrogens is 336 g/mol. The molecule has 3 N–H and O–H groups in total. The van der Waals surface area contributed by atoms with Crippen molar-refractivity contribution in [3.63, 3.8) is 0 Å². The van der Waals surface area contributed by atoms with Crippen LogP contribution in [0, 0.1) is 0 Å². The van der Waals surface area contributed by atoms with Crippen LogP contribution in [-0.4, -0.2) is 19.6 Å². The molecule has 4 aromatic rings. The maximum atomic E-state index is 9.28. The number of imidazole rings is 1.